The highest BCUT2D eigenvalue weighted by Gasteiger charge is 2.32. The number of rotatable bonds is 12. The molecule has 0 heterocycles. The van der Waals surface area contributed by atoms with E-state index in [9.17, 15) is 24.3 Å². The summed E-state index contributed by atoms with van der Waals surface area (Å²) in [4.78, 5) is 48.3. The third kappa shape index (κ3) is 8.03. The van der Waals surface area contributed by atoms with Gasteiger partial charge >= 0.3 is 5.97 Å². The molecule has 28 heavy (non-hydrogen) atoms. The Morgan fingerprint density at radius 3 is 1.89 bits per heavy atom. The molecule has 3 amide bonds. The number of thiol groups is 1. The van der Waals surface area contributed by atoms with Crippen molar-refractivity contribution in [2.75, 3.05) is 12.4 Å². The van der Waals surface area contributed by atoms with Crippen LogP contribution in [0.5, 0.6) is 0 Å². The van der Waals surface area contributed by atoms with Crippen molar-refractivity contribution in [2.24, 2.45) is 17.6 Å². The molecular formula is C17H32N4O6S. The highest BCUT2D eigenvalue weighted by Crippen LogP contribution is 2.09. The Kier molecular flexibility index (Phi) is 11.7. The number of carbonyl (C=O) groups excluding carboxylic acids is 3. The predicted octanol–water partition coefficient (Wildman–Crippen LogP) is -1.52. The molecule has 10 nitrogen and oxygen atoms in total. The standard InChI is InChI=1S/C17H32N4O6S/c1-5-9(4)13(21-14(23)10(18)6-22)16(25)19-11(7-28)15(24)20-12(8(2)3)17(26)27/h8-13,22,28H,5-7,18H2,1-4H3,(H,19,25)(H,20,24)(H,21,23)(H,26,27). The normalized spacial score (nSPS) is 16.4. The molecular weight excluding hydrogens is 388 g/mol. The zero-order valence-corrected chi connectivity index (χ0v) is 17.5. The maximum Gasteiger partial charge on any atom is 0.326 e. The molecule has 0 radical (unpaired) electrons. The van der Waals surface area contributed by atoms with Gasteiger partial charge in [-0.15, -0.1) is 0 Å². The van der Waals surface area contributed by atoms with E-state index in [2.05, 4.69) is 28.6 Å². The van der Waals surface area contributed by atoms with Gasteiger partial charge in [0, 0.05) is 5.75 Å². The van der Waals surface area contributed by atoms with Crippen molar-refractivity contribution in [2.45, 2.75) is 58.3 Å². The fraction of sp³-hybridized carbons (Fsp3) is 0.765. The van der Waals surface area contributed by atoms with Gasteiger partial charge in [0.15, 0.2) is 0 Å². The van der Waals surface area contributed by atoms with Crippen LogP contribution in [0.2, 0.25) is 0 Å². The molecule has 0 fully saturated rings. The second-order valence-electron chi connectivity index (χ2n) is 6.97. The van der Waals surface area contributed by atoms with Crippen molar-refractivity contribution in [3.8, 4) is 0 Å². The Bertz CT molecular complexity index is 560. The molecule has 0 saturated carbocycles. The predicted molar refractivity (Wildman–Crippen MR) is 107 cm³/mol. The Hall–Kier alpha value is -1.85. The average Bonchev–Trinajstić information content (AvgIpc) is 2.65. The van der Waals surface area contributed by atoms with E-state index >= 15 is 0 Å². The van der Waals surface area contributed by atoms with Gasteiger partial charge in [-0.05, 0) is 11.8 Å². The number of carboxylic acid groups (broad SMARTS) is 1. The Morgan fingerprint density at radius 1 is 0.964 bits per heavy atom. The molecule has 0 aromatic rings. The number of hydrogen-bond acceptors (Lipinski definition) is 7. The van der Waals surface area contributed by atoms with Gasteiger partial charge in [-0.1, -0.05) is 34.1 Å². The van der Waals surface area contributed by atoms with Gasteiger partial charge in [0.2, 0.25) is 17.7 Å². The van der Waals surface area contributed by atoms with Crippen LogP contribution in [-0.2, 0) is 19.2 Å². The minimum Gasteiger partial charge on any atom is -0.480 e. The zero-order chi connectivity index (χ0) is 22.0. The fourth-order valence-corrected chi connectivity index (χ4v) is 2.53. The summed E-state index contributed by atoms with van der Waals surface area (Å²) in [5.74, 6) is -3.90. The lowest BCUT2D eigenvalue weighted by Gasteiger charge is -2.27. The van der Waals surface area contributed by atoms with E-state index in [0.29, 0.717) is 6.42 Å². The molecule has 0 aromatic carbocycles. The first-order valence-electron chi connectivity index (χ1n) is 9.11. The third-order valence-corrected chi connectivity index (χ3v) is 4.74. The van der Waals surface area contributed by atoms with Crippen LogP contribution in [0.1, 0.15) is 34.1 Å². The number of aliphatic hydroxyl groups excluding tert-OH is 1. The van der Waals surface area contributed by atoms with Gasteiger partial charge in [0.25, 0.3) is 0 Å². The zero-order valence-electron chi connectivity index (χ0n) is 16.6. The van der Waals surface area contributed by atoms with E-state index in [4.69, 9.17) is 10.8 Å². The summed E-state index contributed by atoms with van der Waals surface area (Å²) in [5.41, 5.74) is 5.47. The van der Waals surface area contributed by atoms with Gasteiger partial charge in [0.1, 0.15) is 24.2 Å². The van der Waals surface area contributed by atoms with Gasteiger partial charge in [-0.2, -0.15) is 12.6 Å². The molecule has 0 saturated heterocycles. The molecule has 7 N–H and O–H groups in total. The van der Waals surface area contributed by atoms with Gasteiger partial charge < -0.3 is 31.9 Å². The minimum absolute atomic E-state index is 0.0701. The van der Waals surface area contributed by atoms with Crippen molar-refractivity contribution in [3.63, 3.8) is 0 Å². The van der Waals surface area contributed by atoms with Crippen LogP contribution >= 0.6 is 12.6 Å². The van der Waals surface area contributed by atoms with Crippen LogP contribution in [0.25, 0.3) is 0 Å². The highest BCUT2D eigenvalue weighted by molar-refractivity contribution is 7.80. The quantitative estimate of drug-likeness (QED) is 0.188. The third-order valence-electron chi connectivity index (χ3n) is 4.37. The average molecular weight is 421 g/mol. The second kappa shape index (κ2) is 12.6. The summed E-state index contributed by atoms with van der Waals surface area (Å²) in [6, 6.07) is -4.36. The smallest absolute Gasteiger partial charge is 0.326 e. The molecule has 0 aliphatic rings. The van der Waals surface area contributed by atoms with E-state index in [0.717, 1.165) is 0 Å². The van der Waals surface area contributed by atoms with Gasteiger partial charge in [0.05, 0.1) is 6.61 Å². The van der Waals surface area contributed by atoms with Crippen LogP contribution in [0.4, 0.5) is 0 Å². The van der Waals surface area contributed by atoms with E-state index in [1.165, 1.54) is 0 Å². The second-order valence-corrected chi connectivity index (χ2v) is 7.34. The number of hydrogen-bond donors (Lipinski definition) is 7. The summed E-state index contributed by atoms with van der Waals surface area (Å²) < 4.78 is 0. The lowest BCUT2D eigenvalue weighted by molar-refractivity contribution is -0.143. The van der Waals surface area contributed by atoms with Crippen LogP contribution < -0.4 is 21.7 Å². The maximum absolute atomic E-state index is 12.7. The van der Waals surface area contributed by atoms with E-state index in [1.807, 2.05) is 6.92 Å². The number of aliphatic hydroxyl groups is 1. The molecule has 0 spiro atoms. The van der Waals surface area contributed by atoms with Crippen molar-refractivity contribution >= 4 is 36.3 Å². The molecule has 0 bridgehead atoms. The minimum atomic E-state index is -1.18. The van der Waals surface area contributed by atoms with Gasteiger partial charge in [-0.3, -0.25) is 14.4 Å². The molecule has 5 unspecified atom stereocenters. The van der Waals surface area contributed by atoms with Gasteiger partial charge in [-0.25, -0.2) is 4.79 Å². The summed E-state index contributed by atoms with van der Waals surface area (Å²) in [5, 5.41) is 25.5. The highest BCUT2D eigenvalue weighted by atomic mass is 32.1. The Balaban J connectivity index is 5.25. The van der Waals surface area contributed by atoms with E-state index < -0.39 is 54.5 Å². The molecule has 5 atom stereocenters. The van der Waals surface area contributed by atoms with E-state index in [-0.39, 0.29) is 17.6 Å². The first-order valence-corrected chi connectivity index (χ1v) is 9.74. The van der Waals surface area contributed by atoms with Crippen LogP contribution in [-0.4, -0.2) is 70.4 Å². The first kappa shape index (κ1) is 26.1. The molecule has 0 rings (SSSR count). The van der Waals surface area contributed by atoms with Crippen molar-refractivity contribution < 1.29 is 29.4 Å². The summed E-state index contributed by atoms with van der Waals surface area (Å²) >= 11 is 4.05. The lowest BCUT2D eigenvalue weighted by Crippen LogP contribution is -2.59. The van der Waals surface area contributed by atoms with Crippen LogP contribution in [0.15, 0.2) is 0 Å². The number of amides is 3. The van der Waals surface area contributed by atoms with E-state index in [1.54, 1.807) is 20.8 Å². The van der Waals surface area contributed by atoms with Crippen molar-refractivity contribution in [1.82, 2.24) is 16.0 Å². The fourth-order valence-electron chi connectivity index (χ4n) is 2.27. The molecule has 11 heteroatoms. The molecule has 0 aromatic heterocycles. The molecule has 162 valence electrons. The van der Waals surface area contributed by atoms with Crippen LogP contribution in [0, 0.1) is 11.8 Å². The number of carbonyl (C=O) groups is 4. The lowest BCUT2D eigenvalue weighted by atomic mass is 9.97. The number of aliphatic carboxylic acids is 1. The first-order chi connectivity index (χ1) is 13.0. The summed E-state index contributed by atoms with van der Waals surface area (Å²) in [6.07, 6.45) is 0.554. The maximum atomic E-state index is 12.7. The Labute approximate surface area is 170 Å². The number of nitrogens with one attached hydrogen (secondary N) is 3. The van der Waals surface area contributed by atoms with Crippen molar-refractivity contribution in [3.05, 3.63) is 0 Å². The molecule has 0 aliphatic heterocycles. The Morgan fingerprint density at radius 2 is 1.50 bits per heavy atom. The summed E-state index contributed by atoms with van der Waals surface area (Å²) in [6.45, 7) is 6.28. The molecule has 0 aliphatic carbocycles. The SMILES string of the molecule is CCC(C)C(NC(=O)C(N)CO)C(=O)NC(CS)C(=O)NC(C(=O)O)C(C)C. The monoisotopic (exact) mass is 420 g/mol. The van der Waals surface area contributed by atoms with Crippen LogP contribution in [0.3, 0.4) is 0 Å². The summed E-state index contributed by atoms with van der Waals surface area (Å²) in [7, 11) is 0. The topological polar surface area (TPSA) is 171 Å². The number of nitrogens with two attached hydrogens (primary N) is 1. The van der Waals surface area contributed by atoms with Crippen molar-refractivity contribution in [1.29, 1.82) is 0 Å². The number of carboxylic acids is 1. The largest absolute Gasteiger partial charge is 0.480 e.